The van der Waals surface area contributed by atoms with E-state index >= 15 is 0 Å². The molecule has 1 N–H and O–H groups in total. The minimum Gasteiger partial charge on any atom is -0.448 e. The van der Waals surface area contributed by atoms with E-state index in [1.165, 1.54) is 0 Å². The maximum atomic E-state index is 12.9. The van der Waals surface area contributed by atoms with Crippen LogP contribution in [0.2, 0.25) is 0 Å². The van der Waals surface area contributed by atoms with Gasteiger partial charge < -0.3 is 10.1 Å². The van der Waals surface area contributed by atoms with Crippen LogP contribution >= 0.6 is 11.3 Å². The number of rotatable bonds is 6. The number of nitrogens with zero attached hydrogens (tertiary/aromatic N) is 2. The van der Waals surface area contributed by atoms with E-state index in [2.05, 4.69) is 10.4 Å². The highest BCUT2D eigenvalue weighted by atomic mass is 32.1. The highest BCUT2D eigenvalue weighted by Gasteiger charge is 2.26. The van der Waals surface area contributed by atoms with Crippen molar-refractivity contribution in [3.05, 3.63) is 59.6 Å². The third-order valence-electron chi connectivity index (χ3n) is 5.05. The average molecular weight is 410 g/mol. The molecule has 7 heteroatoms. The molecule has 0 aliphatic heterocycles. The molecule has 0 saturated heterocycles. The van der Waals surface area contributed by atoms with Crippen LogP contribution in [0.25, 0.3) is 16.3 Å². The van der Waals surface area contributed by atoms with Crippen LogP contribution in [-0.4, -0.2) is 33.8 Å². The van der Waals surface area contributed by atoms with E-state index in [1.807, 2.05) is 47.8 Å². The van der Waals surface area contributed by atoms with E-state index in [4.69, 9.17) is 4.74 Å². The van der Waals surface area contributed by atoms with Crippen molar-refractivity contribution in [3.63, 3.8) is 0 Å². The Morgan fingerprint density at radius 2 is 1.93 bits per heavy atom. The second-order valence-corrected chi connectivity index (χ2v) is 8.12. The van der Waals surface area contributed by atoms with Gasteiger partial charge in [0.1, 0.15) is 5.69 Å². The summed E-state index contributed by atoms with van der Waals surface area (Å²) in [6.07, 6.45) is 3.35. The molecule has 0 radical (unpaired) electrons. The Balaban J connectivity index is 1.56. The molecule has 0 spiro atoms. The maximum Gasteiger partial charge on any atom is 0.357 e. The number of thiophene rings is 1. The smallest absolute Gasteiger partial charge is 0.357 e. The van der Waals surface area contributed by atoms with Crippen molar-refractivity contribution in [3.8, 4) is 16.3 Å². The number of esters is 1. The van der Waals surface area contributed by atoms with Crippen molar-refractivity contribution in [1.82, 2.24) is 15.1 Å². The molecule has 1 amide bonds. The monoisotopic (exact) mass is 409 g/mol. The summed E-state index contributed by atoms with van der Waals surface area (Å²) in [5.74, 6) is -0.826. The molecule has 1 aliphatic rings. The molecule has 6 nitrogen and oxygen atoms in total. The van der Waals surface area contributed by atoms with Gasteiger partial charge in [0.25, 0.3) is 5.91 Å². The Morgan fingerprint density at radius 1 is 1.17 bits per heavy atom. The van der Waals surface area contributed by atoms with Gasteiger partial charge in [0.15, 0.2) is 11.8 Å². The first kappa shape index (κ1) is 19.4. The van der Waals surface area contributed by atoms with Gasteiger partial charge in [-0.2, -0.15) is 5.10 Å². The van der Waals surface area contributed by atoms with Crippen molar-refractivity contribution < 1.29 is 14.3 Å². The lowest BCUT2D eigenvalue weighted by Gasteiger charge is -2.17. The molecule has 3 aromatic rings. The minimum atomic E-state index is -0.868. The van der Waals surface area contributed by atoms with Crippen LogP contribution in [-0.2, 0) is 9.53 Å². The van der Waals surface area contributed by atoms with Crippen LogP contribution in [0, 0.1) is 0 Å². The molecule has 1 fully saturated rings. The van der Waals surface area contributed by atoms with E-state index in [9.17, 15) is 9.59 Å². The van der Waals surface area contributed by atoms with E-state index < -0.39 is 12.1 Å². The topological polar surface area (TPSA) is 73.2 Å². The number of benzene rings is 1. The van der Waals surface area contributed by atoms with Crippen molar-refractivity contribution in [2.45, 2.75) is 44.8 Å². The third-order valence-corrected chi connectivity index (χ3v) is 5.94. The summed E-state index contributed by atoms with van der Waals surface area (Å²) in [4.78, 5) is 26.3. The first-order valence-electron chi connectivity index (χ1n) is 9.82. The second kappa shape index (κ2) is 8.61. The molecule has 0 bridgehead atoms. The van der Waals surface area contributed by atoms with E-state index in [0.717, 1.165) is 36.2 Å². The van der Waals surface area contributed by atoms with E-state index in [0.29, 0.717) is 11.4 Å². The third kappa shape index (κ3) is 4.40. The standard InChI is InChI=1S/C22H23N3O3S/c1-15(21(26)23-16-8-5-6-9-16)28-22(27)19-14-18(20-12-7-13-29-20)24-25(19)17-10-3-2-4-11-17/h2-4,7,10-16H,5-6,8-9H2,1H3,(H,23,26). The molecule has 2 aromatic heterocycles. The number of nitrogens with one attached hydrogen (secondary N) is 1. The molecule has 2 heterocycles. The lowest BCUT2D eigenvalue weighted by molar-refractivity contribution is -0.129. The van der Waals surface area contributed by atoms with Crippen molar-refractivity contribution in [2.24, 2.45) is 0 Å². The number of carbonyl (C=O) groups is 2. The predicted octanol–water partition coefficient (Wildman–Crippen LogP) is 4.20. The quantitative estimate of drug-likeness (QED) is 0.619. The lowest BCUT2D eigenvalue weighted by Crippen LogP contribution is -2.41. The molecule has 1 unspecified atom stereocenters. The van der Waals surface area contributed by atoms with E-state index in [1.54, 1.807) is 29.0 Å². The summed E-state index contributed by atoms with van der Waals surface area (Å²) >= 11 is 1.55. The van der Waals surface area contributed by atoms with Crippen LogP contribution in [0.3, 0.4) is 0 Å². The van der Waals surface area contributed by atoms with Gasteiger partial charge in [-0.1, -0.05) is 37.1 Å². The number of ether oxygens (including phenoxy) is 1. The van der Waals surface area contributed by atoms with Crippen LogP contribution in [0.5, 0.6) is 0 Å². The first-order valence-corrected chi connectivity index (χ1v) is 10.7. The van der Waals surface area contributed by atoms with Gasteiger partial charge in [-0.05, 0) is 43.3 Å². The Kier molecular flexibility index (Phi) is 5.76. The Bertz CT molecular complexity index is 976. The molecule has 4 rings (SSSR count). The van der Waals surface area contributed by atoms with Crippen LogP contribution in [0.4, 0.5) is 0 Å². The molecule has 1 saturated carbocycles. The fourth-order valence-electron chi connectivity index (χ4n) is 3.50. The van der Waals surface area contributed by atoms with Crippen molar-refractivity contribution in [2.75, 3.05) is 0 Å². The van der Waals surface area contributed by atoms with Gasteiger partial charge in [0.05, 0.1) is 10.6 Å². The van der Waals surface area contributed by atoms with E-state index in [-0.39, 0.29) is 11.9 Å². The van der Waals surface area contributed by atoms with Crippen LogP contribution in [0.15, 0.2) is 53.9 Å². The number of amides is 1. The summed E-state index contributed by atoms with van der Waals surface area (Å²) in [5.41, 5.74) is 1.74. The van der Waals surface area contributed by atoms with Crippen LogP contribution in [0.1, 0.15) is 43.1 Å². The number of hydrogen-bond acceptors (Lipinski definition) is 5. The fourth-order valence-corrected chi connectivity index (χ4v) is 4.18. The van der Waals surface area contributed by atoms with Crippen molar-refractivity contribution in [1.29, 1.82) is 0 Å². The number of para-hydroxylation sites is 1. The van der Waals surface area contributed by atoms with Gasteiger partial charge in [-0.3, -0.25) is 4.79 Å². The first-order chi connectivity index (χ1) is 14.1. The second-order valence-electron chi connectivity index (χ2n) is 7.18. The fraction of sp³-hybridized carbons (Fsp3) is 0.318. The van der Waals surface area contributed by atoms with Gasteiger partial charge in [0.2, 0.25) is 0 Å². The molecular formula is C22H23N3O3S. The molecule has 1 aliphatic carbocycles. The van der Waals surface area contributed by atoms with Gasteiger partial charge in [-0.25, -0.2) is 9.48 Å². The maximum absolute atomic E-state index is 12.9. The molecule has 29 heavy (non-hydrogen) atoms. The summed E-state index contributed by atoms with van der Waals surface area (Å²) in [6.45, 7) is 1.60. The Morgan fingerprint density at radius 3 is 2.62 bits per heavy atom. The average Bonchev–Trinajstić information content (AvgIpc) is 3.49. The molecule has 1 atom stereocenters. The van der Waals surface area contributed by atoms with Gasteiger partial charge >= 0.3 is 5.97 Å². The lowest BCUT2D eigenvalue weighted by atomic mass is 10.2. The molecular weight excluding hydrogens is 386 g/mol. The van der Waals surface area contributed by atoms with Crippen LogP contribution < -0.4 is 5.32 Å². The zero-order valence-corrected chi connectivity index (χ0v) is 17.0. The van der Waals surface area contributed by atoms with Gasteiger partial charge in [-0.15, -0.1) is 11.3 Å². The summed E-state index contributed by atoms with van der Waals surface area (Å²) in [5, 5.41) is 9.54. The number of aromatic nitrogens is 2. The highest BCUT2D eigenvalue weighted by molar-refractivity contribution is 7.13. The minimum absolute atomic E-state index is 0.184. The molecule has 1 aromatic carbocycles. The summed E-state index contributed by atoms with van der Waals surface area (Å²) in [7, 11) is 0. The number of carbonyl (C=O) groups excluding carboxylic acids is 2. The normalized spacial score (nSPS) is 15.2. The zero-order valence-electron chi connectivity index (χ0n) is 16.2. The SMILES string of the molecule is CC(OC(=O)c1cc(-c2cccs2)nn1-c1ccccc1)C(=O)NC1CCCC1. The van der Waals surface area contributed by atoms with Crippen molar-refractivity contribution >= 4 is 23.2 Å². The molecule has 150 valence electrons. The zero-order chi connectivity index (χ0) is 20.2. The largest absolute Gasteiger partial charge is 0.448 e. The Hall–Kier alpha value is -2.93. The number of hydrogen-bond donors (Lipinski definition) is 1. The predicted molar refractivity (Wildman–Crippen MR) is 112 cm³/mol. The highest BCUT2D eigenvalue weighted by Crippen LogP contribution is 2.26. The Labute approximate surface area is 173 Å². The van der Waals surface area contributed by atoms with Gasteiger partial charge in [0, 0.05) is 12.1 Å². The summed E-state index contributed by atoms with van der Waals surface area (Å²) in [6, 6.07) is 15.2. The summed E-state index contributed by atoms with van der Waals surface area (Å²) < 4.78 is 7.06.